The van der Waals surface area contributed by atoms with Gasteiger partial charge in [0.15, 0.2) is 5.11 Å². The predicted octanol–water partition coefficient (Wildman–Crippen LogP) is 2.53. The van der Waals surface area contributed by atoms with Gasteiger partial charge in [-0.25, -0.2) is 9.97 Å². The predicted molar refractivity (Wildman–Crippen MR) is 86.1 cm³/mol. The van der Waals surface area contributed by atoms with Crippen LogP contribution in [0, 0.1) is 0 Å². The molecule has 0 aliphatic rings. The molecule has 0 spiro atoms. The summed E-state index contributed by atoms with van der Waals surface area (Å²) in [5.41, 5.74) is 0.889. The van der Waals surface area contributed by atoms with Crippen molar-refractivity contribution in [1.29, 1.82) is 0 Å². The van der Waals surface area contributed by atoms with E-state index in [9.17, 15) is 0 Å². The number of thiophene rings is 1. The third-order valence-electron chi connectivity index (χ3n) is 2.47. The summed E-state index contributed by atoms with van der Waals surface area (Å²) < 4.78 is 4.97. The lowest BCUT2D eigenvalue weighted by Gasteiger charge is -2.09. The summed E-state index contributed by atoms with van der Waals surface area (Å²) in [4.78, 5) is 9.71. The number of nitrogens with zero attached hydrogens (tertiary/aromatic N) is 2. The van der Waals surface area contributed by atoms with Gasteiger partial charge in [-0.3, -0.25) is 0 Å². The third-order valence-corrected chi connectivity index (χ3v) is 3.60. The maximum absolute atomic E-state index is 5.19. The summed E-state index contributed by atoms with van der Waals surface area (Å²) in [5.74, 6) is 0.500. The topological polar surface area (TPSA) is 59.1 Å². The highest BCUT2D eigenvalue weighted by Gasteiger charge is 2.04. The number of nitrogens with one attached hydrogen (secondary N) is 2. The average molecular weight is 308 g/mol. The van der Waals surface area contributed by atoms with Gasteiger partial charge in [0.25, 0.3) is 0 Å². The second-order valence-electron chi connectivity index (χ2n) is 3.97. The van der Waals surface area contributed by atoms with E-state index in [1.807, 2.05) is 23.6 Å². The number of thiocarbonyl (C=S) groups is 1. The van der Waals surface area contributed by atoms with Crippen molar-refractivity contribution in [2.75, 3.05) is 25.6 Å². The maximum Gasteiger partial charge on any atom is 0.229 e. The quantitative estimate of drug-likeness (QED) is 0.632. The van der Waals surface area contributed by atoms with Crippen LogP contribution in [0.3, 0.4) is 0 Å². The van der Waals surface area contributed by atoms with Crippen LogP contribution in [0.4, 0.5) is 5.95 Å². The van der Waals surface area contributed by atoms with Crippen molar-refractivity contribution in [3.63, 3.8) is 0 Å². The van der Waals surface area contributed by atoms with Gasteiger partial charge in [-0.15, -0.1) is 11.3 Å². The van der Waals surface area contributed by atoms with Gasteiger partial charge in [-0.05, 0) is 36.2 Å². The van der Waals surface area contributed by atoms with Gasteiger partial charge in [0.1, 0.15) is 0 Å². The van der Waals surface area contributed by atoms with E-state index in [4.69, 9.17) is 17.0 Å². The SMILES string of the molecule is COCCCNC(=S)Nc1nccc(-c2cccs2)n1. The van der Waals surface area contributed by atoms with Crippen LogP contribution in [0.25, 0.3) is 10.6 Å². The average Bonchev–Trinajstić information content (AvgIpc) is 2.98. The minimum Gasteiger partial charge on any atom is -0.385 e. The Labute approximate surface area is 127 Å². The highest BCUT2D eigenvalue weighted by molar-refractivity contribution is 7.80. The molecule has 106 valence electrons. The van der Waals surface area contributed by atoms with E-state index in [0.717, 1.165) is 23.5 Å². The number of anilines is 1. The monoisotopic (exact) mass is 308 g/mol. The number of methoxy groups -OCH3 is 1. The standard InChI is InChI=1S/C13H16N4OS2/c1-18-8-3-6-15-13(19)17-12-14-7-5-10(16-12)11-4-2-9-20-11/h2,4-5,7,9H,3,6,8H2,1H3,(H2,14,15,16,17,19). The molecule has 2 aromatic heterocycles. The molecular weight excluding hydrogens is 292 g/mol. The van der Waals surface area contributed by atoms with E-state index in [1.54, 1.807) is 24.6 Å². The Kier molecular flexibility index (Phi) is 5.85. The van der Waals surface area contributed by atoms with Crippen molar-refractivity contribution < 1.29 is 4.74 Å². The normalized spacial score (nSPS) is 10.2. The van der Waals surface area contributed by atoms with E-state index in [1.165, 1.54) is 0 Å². The van der Waals surface area contributed by atoms with Crippen molar-refractivity contribution in [3.8, 4) is 10.6 Å². The molecule has 2 heterocycles. The van der Waals surface area contributed by atoms with Crippen molar-refractivity contribution >= 4 is 34.6 Å². The summed E-state index contributed by atoms with van der Waals surface area (Å²) in [6, 6.07) is 5.90. The Hall–Kier alpha value is -1.57. The Morgan fingerprint density at radius 1 is 1.45 bits per heavy atom. The molecule has 0 fully saturated rings. The molecule has 0 atom stereocenters. The summed E-state index contributed by atoms with van der Waals surface area (Å²) in [5, 5.41) is 8.60. The summed E-state index contributed by atoms with van der Waals surface area (Å²) in [6.07, 6.45) is 2.62. The van der Waals surface area contributed by atoms with Gasteiger partial charge in [-0.1, -0.05) is 6.07 Å². The number of rotatable bonds is 6. The van der Waals surface area contributed by atoms with Gasteiger partial charge in [0, 0.05) is 26.5 Å². The van der Waals surface area contributed by atoms with E-state index in [0.29, 0.717) is 17.7 Å². The zero-order valence-electron chi connectivity index (χ0n) is 11.1. The first-order valence-electron chi connectivity index (χ1n) is 6.20. The maximum atomic E-state index is 5.19. The van der Waals surface area contributed by atoms with Crippen LogP contribution >= 0.6 is 23.6 Å². The molecule has 0 aromatic carbocycles. The molecular formula is C13H16N4OS2. The highest BCUT2D eigenvalue weighted by atomic mass is 32.1. The molecule has 0 bridgehead atoms. The summed E-state index contributed by atoms with van der Waals surface area (Å²) in [6.45, 7) is 1.46. The molecule has 5 nitrogen and oxygen atoms in total. The molecule has 20 heavy (non-hydrogen) atoms. The first-order valence-corrected chi connectivity index (χ1v) is 7.49. The number of ether oxygens (including phenoxy) is 1. The van der Waals surface area contributed by atoms with Crippen LogP contribution < -0.4 is 10.6 Å². The number of hydrogen-bond acceptors (Lipinski definition) is 5. The van der Waals surface area contributed by atoms with Gasteiger partial charge < -0.3 is 15.4 Å². The fourth-order valence-electron chi connectivity index (χ4n) is 1.54. The van der Waals surface area contributed by atoms with Crippen LogP contribution in [0.1, 0.15) is 6.42 Å². The summed E-state index contributed by atoms with van der Waals surface area (Å²) in [7, 11) is 1.68. The summed E-state index contributed by atoms with van der Waals surface area (Å²) >= 11 is 6.83. The molecule has 0 radical (unpaired) electrons. The largest absolute Gasteiger partial charge is 0.385 e. The first-order chi connectivity index (χ1) is 9.79. The van der Waals surface area contributed by atoms with E-state index in [-0.39, 0.29) is 0 Å². The Morgan fingerprint density at radius 3 is 3.10 bits per heavy atom. The van der Waals surface area contributed by atoms with E-state index >= 15 is 0 Å². The first kappa shape index (κ1) is 14.8. The zero-order valence-corrected chi connectivity index (χ0v) is 12.8. The molecule has 7 heteroatoms. The lowest BCUT2D eigenvalue weighted by Crippen LogP contribution is -2.30. The van der Waals surface area contributed by atoms with Crippen LogP contribution in [-0.4, -0.2) is 35.3 Å². The zero-order chi connectivity index (χ0) is 14.2. The second kappa shape index (κ2) is 7.88. The number of hydrogen-bond donors (Lipinski definition) is 2. The molecule has 2 rings (SSSR count). The van der Waals surface area contributed by atoms with Crippen LogP contribution in [0.5, 0.6) is 0 Å². The Morgan fingerprint density at radius 2 is 2.35 bits per heavy atom. The molecule has 0 unspecified atom stereocenters. The number of aromatic nitrogens is 2. The molecule has 0 saturated carbocycles. The third kappa shape index (κ3) is 4.52. The van der Waals surface area contributed by atoms with Crippen molar-refractivity contribution in [3.05, 3.63) is 29.8 Å². The van der Waals surface area contributed by atoms with Crippen molar-refractivity contribution in [1.82, 2.24) is 15.3 Å². The van der Waals surface area contributed by atoms with Gasteiger partial charge in [-0.2, -0.15) is 0 Å². The molecule has 2 aromatic rings. The van der Waals surface area contributed by atoms with Crippen molar-refractivity contribution in [2.24, 2.45) is 0 Å². The molecule has 0 amide bonds. The van der Waals surface area contributed by atoms with Crippen LogP contribution in [-0.2, 0) is 4.74 Å². The lowest BCUT2D eigenvalue weighted by atomic mass is 10.3. The molecule has 2 N–H and O–H groups in total. The molecule has 0 aliphatic heterocycles. The smallest absolute Gasteiger partial charge is 0.229 e. The van der Waals surface area contributed by atoms with Crippen LogP contribution in [0.2, 0.25) is 0 Å². The minimum absolute atomic E-state index is 0.500. The van der Waals surface area contributed by atoms with Gasteiger partial charge >= 0.3 is 0 Å². The minimum atomic E-state index is 0.500. The van der Waals surface area contributed by atoms with Gasteiger partial charge in [0.2, 0.25) is 5.95 Å². The molecule has 0 aliphatic carbocycles. The Bertz CT molecular complexity index is 545. The fourth-order valence-corrected chi connectivity index (χ4v) is 2.43. The van der Waals surface area contributed by atoms with E-state index < -0.39 is 0 Å². The van der Waals surface area contributed by atoms with Crippen molar-refractivity contribution in [2.45, 2.75) is 6.42 Å². The molecule has 0 saturated heterocycles. The Balaban J connectivity index is 1.90. The van der Waals surface area contributed by atoms with Gasteiger partial charge in [0.05, 0.1) is 10.6 Å². The fraction of sp³-hybridized carbons (Fsp3) is 0.308. The highest BCUT2D eigenvalue weighted by Crippen LogP contribution is 2.22. The van der Waals surface area contributed by atoms with Crippen LogP contribution in [0.15, 0.2) is 29.8 Å². The van der Waals surface area contributed by atoms with E-state index in [2.05, 4.69) is 20.6 Å². The second-order valence-corrected chi connectivity index (χ2v) is 5.33. The lowest BCUT2D eigenvalue weighted by molar-refractivity contribution is 0.196.